The zero-order valence-electron chi connectivity index (χ0n) is 33.9. The first kappa shape index (κ1) is 42.4. The number of aliphatic hydroxyl groups is 7. The van der Waals surface area contributed by atoms with Gasteiger partial charge in [-0.2, -0.15) is 0 Å². The molecule has 0 radical (unpaired) electrons. The lowest BCUT2D eigenvalue weighted by molar-refractivity contribution is -0.327. The van der Waals surface area contributed by atoms with Gasteiger partial charge >= 0.3 is 11.9 Å². The van der Waals surface area contributed by atoms with Crippen LogP contribution in [-0.4, -0.2) is 121 Å². The maximum absolute atomic E-state index is 14.7. The summed E-state index contributed by atoms with van der Waals surface area (Å²) in [5.74, 6) is -2.88. The molecule has 4 saturated carbocycles. The number of carbonyl (C=O) groups is 2. The number of esters is 1. The zero-order valence-corrected chi connectivity index (χ0v) is 33.9. The summed E-state index contributed by atoms with van der Waals surface area (Å²) >= 11 is 0. The molecule has 20 atom stereocenters. The Balaban J connectivity index is 1.21. The number of ether oxygens (including phenoxy) is 4. The number of rotatable bonds is 6. The van der Waals surface area contributed by atoms with Gasteiger partial charge in [-0.3, -0.25) is 9.59 Å². The summed E-state index contributed by atoms with van der Waals surface area (Å²) in [5.41, 5.74) is -2.91. The van der Waals surface area contributed by atoms with Gasteiger partial charge in [0.1, 0.15) is 24.4 Å². The maximum Gasteiger partial charge on any atom is 0.315 e. The molecule has 5 aliphatic carbocycles. The van der Waals surface area contributed by atoms with Crippen molar-refractivity contribution < 1.29 is 69.4 Å². The van der Waals surface area contributed by atoms with Gasteiger partial charge in [0.15, 0.2) is 12.6 Å². The largest absolute Gasteiger partial charge is 0.481 e. The van der Waals surface area contributed by atoms with Gasteiger partial charge in [0.2, 0.25) is 6.29 Å². The Labute approximate surface area is 329 Å². The van der Waals surface area contributed by atoms with Crippen LogP contribution in [-0.2, 0) is 28.5 Å². The summed E-state index contributed by atoms with van der Waals surface area (Å²) in [6.45, 7) is 14.0. The second-order valence-corrected chi connectivity index (χ2v) is 20.0. The number of carboxylic acids is 1. The summed E-state index contributed by atoms with van der Waals surface area (Å²) in [7, 11) is 0. The highest BCUT2D eigenvalue weighted by Crippen LogP contribution is 2.76. The van der Waals surface area contributed by atoms with Gasteiger partial charge in [0, 0.05) is 0 Å². The Morgan fingerprint density at radius 2 is 1.48 bits per heavy atom. The molecule has 0 spiro atoms. The first-order chi connectivity index (χ1) is 26.1. The first-order valence-electron chi connectivity index (χ1n) is 20.9. The Kier molecular flexibility index (Phi) is 11.0. The number of aliphatic carboxylic acids is 1. The van der Waals surface area contributed by atoms with E-state index in [0.717, 1.165) is 24.8 Å². The minimum atomic E-state index is -1.82. The van der Waals surface area contributed by atoms with E-state index in [0.29, 0.717) is 25.7 Å². The number of fused-ring (bicyclic) bond motifs is 7. The van der Waals surface area contributed by atoms with Crippen molar-refractivity contribution in [2.24, 2.45) is 62.6 Å². The highest BCUT2D eigenvalue weighted by atomic mass is 16.8. The van der Waals surface area contributed by atoms with Crippen LogP contribution in [0.3, 0.4) is 0 Å². The van der Waals surface area contributed by atoms with Crippen molar-refractivity contribution in [3.8, 4) is 0 Å². The molecule has 2 heterocycles. The second kappa shape index (κ2) is 14.5. The standard InChI is InChI=1S/C42H66O14/c1-19-10-15-41(37(52)56-34-22(18-43)29(45)31(47)33(49)55-34)16-17-42(36(50)51)23(27(41)20(19)2)8-9-25-39(6)13-12-26(38(4,5)24(39)11-14-40(25,42)7)54-35-32(48)30(46)28(44)21(3)53-35/h8,19-22,24-35,43-49H,9-18H2,1-7H3,(H,50,51)/t19?,20?,21?,22?,24?,25?,26?,27?,28?,29-,30?,31?,32?,33?,34?,35?,39?,40?,41?,42?/m1/s1. The zero-order chi connectivity index (χ0) is 41.1. The predicted molar refractivity (Wildman–Crippen MR) is 198 cm³/mol. The number of aliphatic hydroxyl groups excluding tert-OH is 7. The Morgan fingerprint density at radius 3 is 2.14 bits per heavy atom. The minimum Gasteiger partial charge on any atom is -0.481 e. The van der Waals surface area contributed by atoms with Crippen LogP contribution in [0, 0.1) is 62.6 Å². The van der Waals surface area contributed by atoms with Crippen LogP contribution in [0.2, 0.25) is 0 Å². The molecule has 0 bridgehead atoms. The molecule has 2 saturated heterocycles. The van der Waals surface area contributed by atoms with Crippen LogP contribution in [0.25, 0.3) is 0 Å². The quantitative estimate of drug-likeness (QED) is 0.110. The lowest BCUT2D eigenvalue weighted by atomic mass is 9.33. The monoisotopic (exact) mass is 794 g/mol. The van der Waals surface area contributed by atoms with Crippen molar-refractivity contribution in [3.63, 3.8) is 0 Å². The summed E-state index contributed by atoms with van der Waals surface area (Å²) in [5, 5.41) is 84.3. The maximum atomic E-state index is 14.7. The molecule has 19 unspecified atom stereocenters. The van der Waals surface area contributed by atoms with Crippen LogP contribution >= 0.6 is 0 Å². The van der Waals surface area contributed by atoms with Crippen molar-refractivity contribution in [3.05, 3.63) is 11.6 Å². The van der Waals surface area contributed by atoms with E-state index < -0.39 is 108 Å². The van der Waals surface area contributed by atoms with Gasteiger partial charge in [0.05, 0.1) is 41.7 Å². The first-order valence-corrected chi connectivity index (χ1v) is 20.9. The van der Waals surface area contributed by atoms with Gasteiger partial charge in [-0.15, -0.1) is 0 Å². The van der Waals surface area contributed by atoms with Gasteiger partial charge in [-0.05, 0) is 111 Å². The lowest BCUT2D eigenvalue weighted by Crippen LogP contribution is -2.68. The molecule has 2 aliphatic heterocycles. The van der Waals surface area contributed by atoms with E-state index in [1.54, 1.807) is 6.92 Å². The Hall–Kier alpha value is -1.72. The van der Waals surface area contributed by atoms with E-state index in [1.807, 2.05) is 0 Å². The van der Waals surface area contributed by atoms with Gasteiger partial charge in [-0.25, -0.2) is 0 Å². The average Bonchev–Trinajstić information content (AvgIpc) is 3.14. The SMILES string of the molecule is CC1CCC2(C(=O)OC3OC(O)C(O)[C@H](O)C3CO)CCC3(C(=O)O)C(=CCC4C5(C)CCC(OC6OC(C)C(O)C(O)C6O)C(C)(C)C5CCC43C)C2C1C. The van der Waals surface area contributed by atoms with Gasteiger partial charge in [-0.1, -0.05) is 53.2 Å². The van der Waals surface area contributed by atoms with Crippen molar-refractivity contribution in [1.29, 1.82) is 0 Å². The molecular formula is C42H66O14. The topological polar surface area (TPSA) is 233 Å². The van der Waals surface area contributed by atoms with E-state index in [1.165, 1.54) is 0 Å². The molecule has 7 rings (SSSR count). The average molecular weight is 795 g/mol. The summed E-state index contributed by atoms with van der Waals surface area (Å²) in [4.78, 5) is 28.9. The van der Waals surface area contributed by atoms with Crippen molar-refractivity contribution in [2.45, 2.75) is 168 Å². The van der Waals surface area contributed by atoms with Crippen LogP contribution in [0.4, 0.5) is 0 Å². The molecule has 6 fully saturated rings. The number of hydrogen-bond acceptors (Lipinski definition) is 13. The van der Waals surface area contributed by atoms with E-state index in [4.69, 9.17) is 18.9 Å². The van der Waals surface area contributed by atoms with Crippen molar-refractivity contribution in [2.75, 3.05) is 6.61 Å². The lowest BCUT2D eigenvalue weighted by Gasteiger charge is -2.70. The van der Waals surface area contributed by atoms with Gasteiger partial charge in [0.25, 0.3) is 0 Å². The third-order valence-corrected chi connectivity index (χ3v) is 17.4. The molecule has 0 aromatic heterocycles. The van der Waals surface area contributed by atoms with E-state index >= 15 is 0 Å². The van der Waals surface area contributed by atoms with E-state index in [-0.39, 0.29) is 48.0 Å². The van der Waals surface area contributed by atoms with Crippen molar-refractivity contribution in [1.82, 2.24) is 0 Å². The van der Waals surface area contributed by atoms with Crippen LogP contribution in [0.15, 0.2) is 11.6 Å². The third-order valence-electron chi connectivity index (χ3n) is 17.4. The molecule has 56 heavy (non-hydrogen) atoms. The molecule has 14 nitrogen and oxygen atoms in total. The molecule has 318 valence electrons. The number of hydrogen-bond donors (Lipinski definition) is 8. The van der Waals surface area contributed by atoms with Crippen LogP contribution in [0.5, 0.6) is 0 Å². The smallest absolute Gasteiger partial charge is 0.315 e. The minimum absolute atomic E-state index is 0.00605. The molecular weight excluding hydrogens is 728 g/mol. The molecule has 0 aromatic carbocycles. The second-order valence-electron chi connectivity index (χ2n) is 20.0. The van der Waals surface area contributed by atoms with Crippen LogP contribution < -0.4 is 0 Å². The number of allylic oxidation sites excluding steroid dienone is 1. The fourth-order valence-electron chi connectivity index (χ4n) is 13.9. The molecule has 0 amide bonds. The van der Waals surface area contributed by atoms with E-state index in [9.17, 15) is 50.4 Å². The molecule has 0 aromatic rings. The van der Waals surface area contributed by atoms with Crippen molar-refractivity contribution >= 4 is 11.9 Å². The van der Waals surface area contributed by atoms with Crippen LogP contribution in [0.1, 0.15) is 106 Å². The third kappa shape index (κ3) is 5.85. The fraction of sp³-hybridized carbons (Fsp3) is 0.905. The predicted octanol–water partition coefficient (Wildman–Crippen LogP) is 2.47. The highest BCUT2D eigenvalue weighted by molar-refractivity contribution is 5.85. The normalized spacial score (nSPS) is 54.0. The molecule has 8 N–H and O–H groups in total. The summed E-state index contributed by atoms with van der Waals surface area (Å²) in [6.07, 6.45) is -5.58. The molecule has 14 heteroatoms. The highest BCUT2D eigenvalue weighted by Gasteiger charge is 2.74. The molecule has 7 aliphatic rings. The fourth-order valence-corrected chi connectivity index (χ4v) is 13.9. The number of carbonyl (C=O) groups excluding carboxylic acids is 1. The Morgan fingerprint density at radius 1 is 0.786 bits per heavy atom. The van der Waals surface area contributed by atoms with Gasteiger partial charge < -0.3 is 59.8 Å². The Bertz CT molecular complexity index is 1550. The number of carboxylic acid groups (broad SMARTS) is 1. The van der Waals surface area contributed by atoms with E-state index in [2.05, 4.69) is 47.6 Å². The summed E-state index contributed by atoms with van der Waals surface area (Å²) in [6, 6.07) is 0. The summed E-state index contributed by atoms with van der Waals surface area (Å²) < 4.78 is 23.8.